The lowest BCUT2D eigenvalue weighted by atomic mass is 10.3. The zero-order valence-corrected chi connectivity index (χ0v) is 9.80. The van der Waals surface area contributed by atoms with Crippen molar-refractivity contribution < 1.29 is 14.3 Å². The molecule has 0 aliphatic heterocycles. The Morgan fingerprint density at radius 3 is 2.69 bits per heavy atom. The van der Waals surface area contributed by atoms with E-state index in [1.54, 1.807) is 0 Å². The number of carbonyl (C=O) groups excluding carboxylic acids is 2. The van der Waals surface area contributed by atoms with Gasteiger partial charge in [0.1, 0.15) is 0 Å². The van der Waals surface area contributed by atoms with Crippen LogP contribution in [0.5, 0.6) is 0 Å². The molecule has 0 bridgehead atoms. The van der Waals surface area contributed by atoms with Gasteiger partial charge < -0.3 is 10.1 Å². The van der Waals surface area contributed by atoms with Crippen LogP contribution in [0.2, 0.25) is 0 Å². The first-order valence-electron chi connectivity index (χ1n) is 4.19. The van der Waals surface area contributed by atoms with Crippen molar-refractivity contribution >= 4 is 34.5 Å². The Morgan fingerprint density at radius 1 is 1.46 bits per heavy atom. The van der Waals surface area contributed by atoms with E-state index in [9.17, 15) is 9.59 Å². The third kappa shape index (κ3) is 8.01. The zero-order valence-electron chi connectivity index (χ0n) is 7.64. The largest absolute Gasteiger partial charge is 0.442 e. The summed E-state index contributed by atoms with van der Waals surface area (Å²) < 4.78 is 5.01. The highest BCUT2D eigenvalue weighted by atomic mass is 127. The van der Waals surface area contributed by atoms with Gasteiger partial charge in [-0.05, 0) is 6.42 Å². The average molecular weight is 299 g/mol. The summed E-state index contributed by atoms with van der Waals surface area (Å²) in [6.07, 6.45) is 1.44. The standard InChI is InChI=1S/C8H14INO3/c1-2-3-4-10-8(12)13-6-7(11)5-9/h2-6H2,1H3,(H,10,12). The highest BCUT2D eigenvalue weighted by Gasteiger charge is 2.04. The minimum absolute atomic E-state index is 0.0776. The van der Waals surface area contributed by atoms with Crippen molar-refractivity contribution in [1.82, 2.24) is 5.32 Å². The van der Waals surface area contributed by atoms with E-state index in [0.29, 0.717) is 11.0 Å². The van der Waals surface area contributed by atoms with Crippen LogP contribution in [0.3, 0.4) is 0 Å². The van der Waals surface area contributed by atoms with E-state index in [0.717, 1.165) is 12.8 Å². The molecule has 0 unspecified atom stereocenters. The summed E-state index contributed by atoms with van der Waals surface area (Å²) in [7, 11) is 0. The number of Topliss-reactive ketones (excluding diaryl/α,β-unsaturated/α-hetero) is 1. The number of ketones is 1. The number of alkyl halides is 1. The van der Waals surface area contributed by atoms with E-state index in [2.05, 4.69) is 10.1 Å². The van der Waals surface area contributed by atoms with Crippen LogP contribution in [-0.2, 0) is 9.53 Å². The van der Waals surface area contributed by atoms with Gasteiger partial charge in [0, 0.05) is 6.54 Å². The molecule has 0 aliphatic rings. The lowest BCUT2D eigenvalue weighted by molar-refractivity contribution is -0.119. The molecule has 0 rings (SSSR count). The highest BCUT2D eigenvalue weighted by Crippen LogP contribution is 1.87. The smallest absolute Gasteiger partial charge is 0.407 e. The first-order chi connectivity index (χ1) is 6.20. The van der Waals surface area contributed by atoms with Crippen LogP contribution in [-0.4, -0.2) is 29.5 Å². The van der Waals surface area contributed by atoms with Gasteiger partial charge in [0.05, 0.1) is 4.43 Å². The highest BCUT2D eigenvalue weighted by molar-refractivity contribution is 14.1. The molecule has 0 atom stereocenters. The summed E-state index contributed by atoms with van der Waals surface area (Å²) in [6.45, 7) is 2.52. The van der Waals surface area contributed by atoms with Gasteiger partial charge in [-0.15, -0.1) is 0 Å². The number of rotatable bonds is 6. The van der Waals surface area contributed by atoms with Gasteiger partial charge in [0.2, 0.25) is 0 Å². The lowest BCUT2D eigenvalue weighted by Crippen LogP contribution is -2.27. The summed E-state index contributed by atoms with van der Waals surface area (Å²) >= 11 is 1.93. The number of hydrogen-bond donors (Lipinski definition) is 1. The van der Waals surface area contributed by atoms with Gasteiger partial charge in [-0.2, -0.15) is 0 Å². The van der Waals surface area contributed by atoms with Crippen LogP contribution in [0.15, 0.2) is 0 Å². The molecule has 0 radical (unpaired) electrons. The molecule has 0 saturated carbocycles. The lowest BCUT2D eigenvalue weighted by Gasteiger charge is -2.04. The molecule has 0 aromatic rings. The number of halogens is 1. The van der Waals surface area contributed by atoms with Crippen molar-refractivity contribution in [1.29, 1.82) is 0 Å². The van der Waals surface area contributed by atoms with Crippen molar-refractivity contribution in [2.24, 2.45) is 0 Å². The molecule has 0 heterocycles. The molecule has 5 heteroatoms. The second-order valence-electron chi connectivity index (χ2n) is 2.53. The van der Waals surface area contributed by atoms with Crippen LogP contribution in [0.25, 0.3) is 0 Å². The van der Waals surface area contributed by atoms with E-state index in [-0.39, 0.29) is 12.4 Å². The van der Waals surface area contributed by atoms with E-state index >= 15 is 0 Å². The van der Waals surface area contributed by atoms with Crippen LogP contribution >= 0.6 is 22.6 Å². The molecule has 0 aliphatic carbocycles. The third-order valence-electron chi connectivity index (χ3n) is 1.31. The molecule has 0 spiro atoms. The SMILES string of the molecule is CCCCNC(=O)OCC(=O)CI. The maximum absolute atomic E-state index is 10.9. The van der Waals surface area contributed by atoms with E-state index < -0.39 is 6.09 Å². The molecule has 1 N–H and O–H groups in total. The number of hydrogen-bond acceptors (Lipinski definition) is 3. The molecule has 1 amide bonds. The molecule has 0 saturated heterocycles. The number of alkyl carbamates (subject to hydrolysis) is 1. The Labute approximate surface area is 91.5 Å². The first-order valence-corrected chi connectivity index (χ1v) is 5.71. The molecular weight excluding hydrogens is 285 g/mol. The van der Waals surface area contributed by atoms with Crippen LogP contribution in [0.4, 0.5) is 4.79 Å². The maximum Gasteiger partial charge on any atom is 0.407 e. The van der Waals surface area contributed by atoms with E-state index in [4.69, 9.17) is 0 Å². The topological polar surface area (TPSA) is 55.4 Å². The Kier molecular flexibility index (Phi) is 8.07. The average Bonchev–Trinajstić information content (AvgIpc) is 2.14. The summed E-state index contributed by atoms with van der Waals surface area (Å²) in [5, 5.41) is 2.55. The minimum Gasteiger partial charge on any atom is -0.442 e. The summed E-state index contributed by atoms with van der Waals surface area (Å²) in [4.78, 5) is 21.6. The normalized spacial score (nSPS) is 9.38. The molecule has 0 aromatic heterocycles. The van der Waals surface area contributed by atoms with Gasteiger partial charge >= 0.3 is 6.09 Å². The van der Waals surface area contributed by atoms with Crippen molar-refractivity contribution in [2.45, 2.75) is 19.8 Å². The van der Waals surface area contributed by atoms with Gasteiger partial charge in [-0.1, -0.05) is 35.9 Å². The van der Waals surface area contributed by atoms with Crippen molar-refractivity contribution in [3.05, 3.63) is 0 Å². The minimum atomic E-state index is -0.508. The summed E-state index contributed by atoms with van der Waals surface area (Å²) in [5.41, 5.74) is 0. The van der Waals surface area contributed by atoms with Gasteiger partial charge in [0.25, 0.3) is 0 Å². The van der Waals surface area contributed by atoms with Crippen molar-refractivity contribution in [3.8, 4) is 0 Å². The fraction of sp³-hybridized carbons (Fsp3) is 0.750. The molecule has 76 valence electrons. The Morgan fingerprint density at radius 2 is 2.15 bits per heavy atom. The number of amides is 1. The predicted molar refractivity (Wildman–Crippen MR) is 58.2 cm³/mol. The number of unbranched alkanes of at least 4 members (excludes halogenated alkanes) is 1. The van der Waals surface area contributed by atoms with Crippen molar-refractivity contribution in [3.63, 3.8) is 0 Å². The Balaban J connectivity index is 3.35. The first kappa shape index (κ1) is 12.7. The zero-order chi connectivity index (χ0) is 10.1. The number of ether oxygens (including phenoxy) is 1. The number of nitrogens with one attached hydrogen (secondary N) is 1. The summed E-state index contributed by atoms with van der Waals surface area (Å²) in [6, 6.07) is 0. The maximum atomic E-state index is 10.9. The Bertz CT molecular complexity index is 173. The number of carbonyl (C=O) groups is 2. The fourth-order valence-electron chi connectivity index (χ4n) is 0.603. The third-order valence-corrected chi connectivity index (χ3v) is 2.16. The van der Waals surface area contributed by atoms with Gasteiger partial charge in [-0.3, -0.25) is 4.79 Å². The quantitative estimate of drug-likeness (QED) is 0.459. The fourth-order valence-corrected chi connectivity index (χ4v) is 0.823. The van der Waals surface area contributed by atoms with Crippen LogP contribution in [0, 0.1) is 0 Å². The van der Waals surface area contributed by atoms with Gasteiger partial charge in [-0.25, -0.2) is 4.79 Å². The predicted octanol–water partition coefficient (Wildman–Crippen LogP) is 1.52. The molecule has 0 fully saturated rings. The molecule has 0 aromatic carbocycles. The van der Waals surface area contributed by atoms with E-state index in [1.165, 1.54) is 0 Å². The van der Waals surface area contributed by atoms with E-state index in [1.807, 2.05) is 29.5 Å². The van der Waals surface area contributed by atoms with Gasteiger partial charge in [0.15, 0.2) is 12.4 Å². The second-order valence-corrected chi connectivity index (χ2v) is 3.29. The van der Waals surface area contributed by atoms with Crippen LogP contribution in [0.1, 0.15) is 19.8 Å². The van der Waals surface area contributed by atoms with Crippen LogP contribution < -0.4 is 5.32 Å². The molecular formula is C8H14INO3. The Hall–Kier alpha value is -0.330. The summed E-state index contributed by atoms with van der Waals surface area (Å²) in [5.74, 6) is -0.0776. The molecule has 13 heavy (non-hydrogen) atoms. The second kappa shape index (κ2) is 8.28. The monoisotopic (exact) mass is 299 g/mol. The molecule has 4 nitrogen and oxygen atoms in total. The van der Waals surface area contributed by atoms with Crippen molar-refractivity contribution in [2.75, 3.05) is 17.6 Å².